The lowest BCUT2D eigenvalue weighted by Gasteiger charge is -2.22. The van der Waals surface area contributed by atoms with Crippen LogP contribution in [0.5, 0.6) is 11.5 Å². The predicted octanol–water partition coefficient (Wildman–Crippen LogP) is 8.43. The number of carbonyl (C=O) groups is 1. The first-order valence-corrected chi connectivity index (χ1v) is 17.0. The summed E-state index contributed by atoms with van der Waals surface area (Å²) in [6, 6.07) is 35.3. The molecule has 2 atom stereocenters. The Morgan fingerprint density at radius 2 is 1.53 bits per heavy atom. The van der Waals surface area contributed by atoms with Crippen molar-refractivity contribution >= 4 is 16.8 Å². The molecule has 0 fully saturated rings. The van der Waals surface area contributed by atoms with E-state index in [0.717, 1.165) is 66.6 Å². The van der Waals surface area contributed by atoms with Gasteiger partial charge < -0.3 is 24.3 Å². The molecule has 6 heteroatoms. The highest BCUT2D eigenvalue weighted by molar-refractivity contribution is 5.87. The molecule has 246 valence electrons. The van der Waals surface area contributed by atoms with E-state index < -0.39 is 0 Å². The van der Waals surface area contributed by atoms with Gasteiger partial charge in [0.15, 0.2) is 11.5 Å². The molecule has 5 aromatic rings. The SMILES string of the molecule is CCN(CC)CCC[C@H](C)NC(=O)C[C@H](c1ccc(OCc2ccccc2)c(OC)c1)c1cn(Cc2ccccc2)c2ccccc12. The van der Waals surface area contributed by atoms with E-state index in [0.29, 0.717) is 24.5 Å². The van der Waals surface area contributed by atoms with Crippen LogP contribution in [0.4, 0.5) is 0 Å². The quantitative estimate of drug-likeness (QED) is 0.112. The first-order valence-electron chi connectivity index (χ1n) is 17.0. The molecule has 0 radical (unpaired) electrons. The highest BCUT2D eigenvalue weighted by Crippen LogP contribution is 2.39. The van der Waals surface area contributed by atoms with Gasteiger partial charge in [0, 0.05) is 42.0 Å². The summed E-state index contributed by atoms with van der Waals surface area (Å²) in [4.78, 5) is 16.2. The summed E-state index contributed by atoms with van der Waals surface area (Å²) in [6.45, 7) is 10.9. The summed E-state index contributed by atoms with van der Waals surface area (Å²) in [5.74, 6) is 1.20. The Morgan fingerprint density at radius 3 is 2.23 bits per heavy atom. The lowest BCUT2D eigenvalue weighted by Crippen LogP contribution is -2.34. The van der Waals surface area contributed by atoms with Crippen LogP contribution in [0.2, 0.25) is 0 Å². The zero-order valence-electron chi connectivity index (χ0n) is 28.3. The lowest BCUT2D eigenvalue weighted by atomic mass is 9.87. The maximum atomic E-state index is 13.8. The minimum atomic E-state index is -0.183. The van der Waals surface area contributed by atoms with E-state index in [-0.39, 0.29) is 17.9 Å². The molecule has 0 aliphatic heterocycles. The van der Waals surface area contributed by atoms with E-state index in [2.05, 4.69) is 96.3 Å². The Hall–Kier alpha value is -4.55. The first-order chi connectivity index (χ1) is 23.0. The molecule has 0 saturated carbocycles. The fourth-order valence-electron chi connectivity index (χ4n) is 6.38. The number of carbonyl (C=O) groups excluding carboxylic acids is 1. The number of fused-ring (bicyclic) bond motifs is 1. The predicted molar refractivity (Wildman–Crippen MR) is 192 cm³/mol. The third-order valence-corrected chi connectivity index (χ3v) is 9.02. The average Bonchev–Trinajstić information content (AvgIpc) is 3.46. The summed E-state index contributed by atoms with van der Waals surface area (Å²) in [5, 5.41) is 4.46. The van der Waals surface area contributed by atoms with Crippen molar-refractivity contribution in [3.63, 3.8) is 0 Å². The van der Waals surface area contributed by atoms with Crippen LogP contribution in [-0.2, 0) is 17.9 Å². The molecular weight excluding hydrogens is 582 g/mol. The smallest absolute Gasteiger partial charge is 0.221 e. The molecule has 0 aliphatic rings. The normalized spacial score (nSPS) is 12.6. The van der Waals surface area contributed by atoms with Crippen LogP contribution >= 0.6 is 0 Å². The van der Waals surface area contributed by atoms with Crippen molar-refractivity contribution in [2.75, 3.05) is 26.7 Å². The molecule has 0 aliphatic carbocycles. The number of ether oxygens (including phenoxy) is 2. The van der Waals surface area contributed by atoms with Gasteiger partial charge in [-0.1, -0.05) is 98.8 Å². The summed E-state index contributed by atoms with van der Waals surface area (Å²) in [5.41, 5.74) is 5.61. The van der Waals surface area contributed by atoms with E-state index in [9.17, 15) is 4.79 Å². The van der Waals surface area contributed by atoms with Gasteiger partial charge in [-0.3, -0.25) is 4.79 Å². The molecule has 0 bridgehead atoms. The van der Waals surface area contributed by atoms with Gasteiger partial charge in [0.25, 0.3) is 0 Å². The summed E-state index contributed by atoms with van der Waals surface area (Å²) < 4.78 is 14.3. The topological polar surface area (TPSA) is 55.7 Å². The third kappa shape index (κ3) is 9.05. The number of hydrogen-bond donors (Lipinski definition) is 1. The minimum absolute atomic E-state index is 0.0496. The van der Waals surface area contributed by atoms with Crippen LogP contribution in [0.1, 0.15) is 68.2 Å². The number of benzene rings is 4. The summed E-state index contributed by atoms with van der Waals surface area (Å²) in [7, 11) is 1.67. The standard InChI is InChI=1S/C41H49N3O3/c1-5-43(6-2)25-15-16-31(3)42-41(45)27-36(34-23-24-39(40(26-34)46-4)47-30-33-19-11-8-12-20-33)37-29-44(28-32-17-9-7-10-18-32)38-22-14-13-21-35(37)38/h7-14,17-24,26,29,31,36H,5-6,15-16,25,27-28,30H2,1-4H3,(H,42,45)/t31-,36+/m0/s1. The van der Waals surface area contributed by atoms with Crippen LogP contribution in [-0.4, -0.2) is 48.2 Å². The second kappa shape index (κ2) is 16.8. The summed E-state index contributed by atoms with van der Waals surface area (Å²) >= 11 is 0. The van der Waals surface area contributed by atoms with Crippen LogP contribution in [0.3, 0.4) is 0 Å². The molecule has 5 rings (SSSR count). The van der Waals surface area contributed by atoms with E-state index in [1.807, 2.05) is 48.5 Å². The molecule has 1 N–H and O–H groups in total. The number of methoxy groups -OCH3 is 1. The number of aromatic nitrogens is 1. The fourth-order valence-corrected chi connectivity index (χ4v) is 6.38. The van der Waals surface area contributed by atoms with Crippen molar-refractivity contribution in [1.82, 2.24) is 14.8 Å². The number of rotatable bonds is 17. The van der Waals surface area contributed by atoms with Crippen molar-refractivity contribution in [2.24, 2.45) is 0 Å². The zero-order valence-corrected chi connectivity index (χ0v) is 28.3. The van der Waals surface area contributed by atoms with Gasteiger partial charge >= 0.3 is 0 Å². The molecule has 4 aromatic carbocycles. The van der Waals surface area contributed by atoms with E-state index in [1.165, 1.54) is 5.56 Å². The van der Waals surface area contributed by atoms with Crippen molar-refractivity contribution in [2.45, 2.75) is 65.1 Å². The molecule has 1 heterocycles. The zero-order chi connectivity index (χ0) is 33.0. The molecule has 47 heavy (non-hydrogen) atoms. The van der Waals surface area contributed by atoms with Crippen molar-refractivity contribution in [3.8, 4) is 11.5 Å². The van der Waals surface area contributed by atoms with Crippen molar-refractivity contribution < 1.29 is 14.3 Å². The van der Waals surface area contributed by atoms with Crippen molar-refractivity contribution in [1.29, 1.82) is 0 Å². The first kappa shape index (κ1) is 33.8. The van der Waals surface area contributed by atoms with Crippen LogP contribution < -0.4 is 14.8 Å². The van der Waals surface area contributed by atoms with E-state index in [4.69, 9.17) is 9.47 Å². The Kier molecular flexibility index (Phi) is 12.1. The number of amides is 1. The molecule has 1 amide bonds. The van der Waals surface area contributed by atoms with Crippen LogP contribution in [0.15, 0.2) is 109 Å². The minimum Gasteiger partial charge on any atom is -0.493 e. The lowest BCUT2D eigenvalue weighted by molar-refractivity contribution is -0.121. The number of nitrogens with one attached hydrogen (secondary N) is 1. The maximum absolute atomic E-state index is 13.8. The Balaban J connectivity index is 1.44. The molecule has 6 nitrogen and oxygen atoms in total. The van der Waals surface area contributed by atoms with Gasteiger partial charge in [0.2, 0.25) is 5.91 Å². The van der Waals surface area contributed by atoms with Gasteiger partial charge in [0.05, 0.1) is 7.11 Å². The molecule has 1 aromatic heterocycles. The molecule has 0 unspecified atom stereocenters. The van der Waals surface area contributed by atoms with Gasteiger partial charge in [-0.05, 0) is 79.9 Å². The largest absolute Gasteiger partial charge is 0.493 e. The molecule has 0 spiro atoms. The monoisotopic (exact) mass is 631 g/mol. The highest BCUT2D eigenvalue weighted by Gasteiger charge is 2.25. The number of hydrogen-bond acceptors (Lipinski definition) is 4. The number of nitrogens with zero attached hydrogens (tertiary/aromatic N) is 2. The summed E-state index contributed by atoms with van der Waals surface area (Å²) in [6.07, 6.45) is 4.56. The second-order valence-corrected chi connectivity index (χ2v) is 12.3. The third-order valence-electron chi connectivity index (χ3n) is 9.02. The van der Waals surface area contributed by atoms with Gasteiger partial charge in [0.1, 0.15) is 6.61 Å². The van der Waals surface area contributed by atoms with E-state index in [1.54, 1.807) is 7.11 Å². The second-order valence-electron chi connectivity index (χ2n) is 12.3. The van der Waals surface area contributed by atoms with E-state index >= 15 is 0 Å². The maximum Gasteiger partial charge on any atom is 0.221 e. The Bertz CT molecular complexity index is 1700. The van der Waals surface area contributed by atoms with Gasteiger partial charge in [-0.15, -0.1) is 0 Å². The molecular formula is C41H49N3O3. The Labute approximate surface area is 280 Å². The average molecular weight is 632 g/mol. The van der Waals surface area contributed by atoms with Crippen molar-refractivity contribution in [3.05, 3.63) is 132 Å². The Morgan fingerprint density at radius 1 is 0.851 bits per heavy atom. The van der Waals surface area contributed by atoms with Gasteiger partial charge in [-0.25, -0.2) is 0 Å². The van der Waals surface area contributed by atoms with Gasteiger partial charge in [-0.2, -0.15) is 0 Å². The van der Waals surface area contributed by atoms with Crippen LogP contribution in [0.25, 0.3) is 10.9 Å². The fraction of sp³-hybridized carbons (Fsp3) is 0.341. The number of para-hydroxylation sites is 1. The van der Waals surface area contributed by atoms with Crippen LogP contribution in [0, 0.1) is 0 Å². The molecule has 0 saturated heterocycles. The highest BCUT2D eigenvalue weighted by atomic mass is 16.5.